The highest BCUT2D eigenvalue weighted by Crippen LogP contribution is 2.05. The Bertz CT molecular complexity index is 256. The van der Waals surface area contributed by atoms with Gasteiger partial charge in [0.1, 0.15) is 7.28 Å². The third-order valence-electron chi connectivity index (χ3n) is 2.10. The maximum absolute atomic E-state index is 11.5. The molecule has 0 spiro atoms. The molecule has 0 N–H and O–H groups in total. The highest BCUT2D eigenvalue weighted by molar-refractivity contribution is 6.35. The number of Topliss-reactive ketones (excluding diaryl/α,β-unsaturated/α-hetero) is 1. The van der Waals surface area contributed by atoms with Crippen LogP contribution >= 0.6 is 0 Å². The predicted molar refractivity (Wildman–Crippen MR) is 57.8 cm³/mol. The van der Waals surface area contributed by atoms with E-state index in [0.717, 1.165) is 19.2 Å². The molecule has 0 heterocycles. The fourth-order valence-corrected chi connectivity index (χ4v) is 1.30. The number of benzene rings is 1. The van der Waals surface area contributed by atoms with Crippen molar-refractivity contribution in [3.63, 3.8) is 0 Å². The SMILES string of the molecule is CCBCCC(=O)c1ccccc1. The molecule has 0 aliphatic heterocycles. The molecule has 0 amide bonds. The smallest absolute Gasteiger partial charge is 0.162 e. The van der Waals surface area contributed by atoms with Gasteiger partial charge in [0.25, 0.3) is 0 Å². The Labute approximate surface area is 80.4 Å². The summed E-state index contributed by atoms with van der Waals surface area (Å²) in [7, 11) is 1.15. The quantitative estimate of drug-likeness (QED) is 0.380. The van der Waals surface area contributed by atoms with Gasteiger partial charge < -0.3 is 0 Å². The van der Waals surface area contributed by atoms with Gasteiger partial charge in [-0.15, -0.1) is 0 Å². The molecule has 1 aromatic carbocycles. The van der Waals surface area contributed by atoms with Gasteiger partial charge >= 0.3 is 0 Å². The zero-order valence-corrected chi connectivity index (χ0v) is 8.12. The second-order valence-corrected chi connectivity index (χ2v) is 3.25. The molecule has 0 aliphatic carbocycles. The van der Waals surface area contributed by atoms with Crippen molar-refractivity contribution in [2.24, 2.45) is 0 Å². The fourth-order valence-electron chi connectivity index (χ4n) is 1.30. The first-order chi connectivity index (χ1) is 6.34. The van der Waals surface area contributed by atoms with Crippen LogP contribution in [0.1, 0.15) is 23.7 Å². The molecule has 0 aliphatic rings. The average molecular weight is 174 g/mol. The molecule has 0 aromatic heterocycles. The first-order valence-corrected chi connectivity index (χ1v) is 4.93. The molecular formula is C11H15BO. The van der Waals surface area contributed by atoms with Crippen LogP contribution < -0.4 is 0 Å². The molecule has 0 saturated carbocycles. The Morgan fingerprint density at radius 1 is 1.31 bits per heavy atom. The summed E-state index contributed by atoms with van der Waals surface area (Å²) >= 11 is 0. The van der Waals surface area contributed by atoms with E-state index in [-0.39, 0.29) is 5.78 Å². The fraction of sp³-hybridized carbons (Fsp3) is 0.364. The molecule has 68 valence electrons. The Hall–Kier alpha value is -1.05. The monoisotopic (exact) mass is 174 g/mol. The second-order valence-electron chi connectivity index (χ2n) is 3.25. The molecule has 0 fully saturated rings. The third-order valence-corrected chi connectivity index (χ3v) is 2.10. The van der Waals surface area contributed by atoms with Crippen LogP contribution in [-0.2, 0) is 0 Å². The van der Waals surface area contributed by atoms with Gasteiger partial charge in [-0.1, -0.05) is 49.9 Å². The summed E-state index contributed by atoms with van der Waals surface area (Å²) in [4.78, 5) is 11.5. The molecule has 0 saturated heterocycles. The summed E-state index contributed by atoms with van der Waals surface area (Å²) in [5.41, 5.74) is 0.846. The van der Waals surface area contributed by atoms with Gasteiger partial charge in [0.05, 0.1) is 0 Å². The number of carbonyl (C=O) groups is 1. The van der Waals surface area contributed by atoms with Gasteiger partial charge in [0.15, 0.2) is 5.78 Å². The molecule has 0 radical (unpaired) electrons. The summed E-state index contributed by atoms with van der Waals surface area (Å²) in [6.45, 7) is 2.15. The molecule has 0 atom stereocenters. The molecule has 1 rings (SSSR count). The van der Waals surface area contributed by atoms with Crippen LogP contribution in [-0.4, -0.2) is 13.1 Å². The maximum atomic E-state index is 11.5. The third kappa shape index (κ3) is 3.45. The lowest BCUT2D eigenvalue weighted by molar-refractivity contribution is 0.0988. The number of ketones is 1. The zero-order valence-electron chi connectivity index (χ0n) is 8.12. The Kier molecular flexibility index (Phi) is 4.30. The van der Waals surface area contributed by atoms with E-state index in [0.29, 0.717) is 6.42 Å². The van der Waals surface area contributed by atoms with Crippen molar-refractivity contribution in [2.45, 2.75) is 26.0 Å². The van der Waals surface area contributed by atoms with E-state index >= 15 is 0 Å². The first kappa shape index (κ1) is 10.0. The minimum absolute atomic E-state index is 0.272. The lowest BCUT2D eigenvalue weighted by Crippen LogP contribution is -2.00. The number of hydrogen-bond acceptors (Lipinski definition) is 1. The summed E-state index contributed by atoms with van der Waals surface area (Å²) in [6, 6.07) is 9.52. The van der Waals surface area contributed by atoms with Gasteiger partial charge in [-0.2, -0.15) is 0 Å². The maximum Gasteiger partial charge on any atom is 0.162 e. The molecule has 1 aromatic rings. The van der Waals surface area contributed by atoms with Crippen LogP contribution in [0.3, 0.4) is 0 Å². The van der Waals surface area contributed by atoms with E-state index in [9.17, 15) is 4.79 Å². The van der Waals surface area contributed by atoms with Crippen molar-refractivity contribution < 1.29 is 4.79 Å². The normalized spacial score (nSPS) is 9.62. The highest BCUT2D eigenvalue weighted by Gasteiger charge is 2.03. The van der Waals surface area contributed by atoms with Crippen LogP contribution in [0.5, 0.6) is 0 Å². The summed E-state index contributed by atoms with van der Waals surface area (Å²) in [5, 5.41) is 0. The Morgan fingerprint density at radius 3 is 2.62 bits per heavy atom. The molecule has 0 bridgehead atoms. The lowest BCUT2D eigenvalue weighted by Gasteiger charge is -1.98. The topological polar surface area (TPSA) is 17.1 Å². The predicted octanol–water partition coefficient (Wildman–Crippen LogP) is 2.55. The molecule has 2 heteroatoms. The van der Waals surface area contributed by atoms with Crippen molar-refractivity contribution in [1.82, 2.24) is 0 Å². The molecule has 1 nitrogen and oxygen atoms in total. The van der Waals surface area contributed by atoms with E-state index in [2.05, 4.69) is 6.92 Å². The van der Waals surface area contributed by atoms with Crippen molar-refractivity contribution in [1.29, 1.82) is 0 Å². The summed E-state index contributed by atoms with van der Waals surface area (Å²) in [6.07, 6.45) is 2.88. The second kappa shape index (κ2) is 5.57. The van der Waals surface area contributed by atoms with E-state index in [1.807, 2.05) is 30.3 Å². The molecule has 13 heavy (non-hydrogen) atoms. The summed E-state index contributed by atoms with van der Waals surface area (Å²) < 4.78 is 0. The first-order valence-electron chi connectivity index (χ1n) is 4.93. The molecular weight excluding hydrogens is 159 g/mol. The van der Waals surface area contributed by atoms with Crippen molar-refractivity contribution in [2.75, 3.05) is 0 Å². The van der Waals surface area contributed by atoms with Crippen LogP contribution in [0.25, 0.3) is 0 Å². The van der Waals surface area contributed by atoms with Crippen molar-refractivity contribution >= 4 is 13.1 Å². The number of hydrogen-bond donors (Lipinski definition) is 0. The van der Waals surface area contributed by atoms with Crippen LogP contribution in [0, 0.1) is 0 Å². The zero-order chi connectivity index (χ0) is 9.52. The van der Waals surface area contributed by atoms with E-state index in [4.69, 9.17) is 0 Å². The van der Waals surface area contributed by atoms with Crippen molar-refractivity contribution in [3.8, 4) is 0 Å². The minimum atomic E-state index is 0.272. The van der Waals surface area contributed by atoms with Crippen LogP contribution in [0.2, 0.25) is 12.6 Å². The van der Waals surface area contributed by atoms with E-state index < -0.39 is 0 Å². The Balaban J connectivity index is 2.40. The van der Waals surface area contributed by atoms with Gasteiger partial charge in [-0.3, -0.25) is 4.79 Å². The van der Waals surface area contributed by atoms with Crippen LogP contribution in [0.15, 0.2) is 30.3 Å². The Morgan fingerprint density at radius 2 is 2.00 bits per heavy atom. The van der Waals surface area contributed by atoms with Gasteiger partial charge in [-0.25, -0.2) is 0 Å². The summed E-state index contributed by atoms with van der Waals surface area (Å²) in [5.74, 6) is 0.272. The van der Waals surface area contributed by atoms with E-state index in [1.165, 1.54) is 6.32 Å². The van der Waals surface area contributed by atoms with Gasteiger partial charge in [-0.05, 0) is 0 Å². The van der Waals surface area contributed by atoms with Gasteiger partial charge in [0, 0.05) is 12.0 Å². The minimum Gasteiger partial charge on any atom is -0.294 e. The highest BCUT2D eigenvalue weighted by atomic mass is 16.1. The average Bonchev–Trinajstić information content (AvgIpc) is 2.19. The number of carbonyl (C=O) groups excluding carboxylic acids is 1. The largest absolute Gasteiger partial charge is 0.294 e. The standard InChI is InChI=1S/C11H15BO/c1-2-12-9-8-11(13)10-6-4-3-5-7-10/h3-7,12H,2,8-9H2,1H3. The van der Waals surface area contributed by atoms with E-state index in [1.54, 1.807) is 0 Å². The van der Waals surface area contributed by atoms with Gasteiger partial charge in [0.2, 0.25) is 0 Å². The lowest BCUT2D eigenvalue weighted by atomic mass is 9.70. The number of rotatable bonds is 5. The van der Waals surface area contributed by atoms with Crippen LogP contribution in [0.4, 0.5) is 0 Å². The molecule has 0 unspecified atom stereocenters. The van der Waals surface area contributed by atoms with Crippen molar-refractivity contribution in [3.05, 3.63) is 35.9 Å².